The molecular weight excluding hydrogens is 570 g/mol. The molecule has 1 heterocycles. The number of ether oxygens (including phenoxy) is 2. The molecule has 43 heavy (non-hydrogen) atoms. The first-order chi connectivity index (χ1) is 20.7. The van der Waals surface area contributed by atoms with Crippen LogP contribution in [0.2, 0.25) is 5.15 Å². The minimum Gasteiger partial charge on any atom is -0.490 e. The SMILES string of the molecule is Cc1cc(C(=O)NC2CCC(Oc3ccc(Oc4ccc(C(=O)Nc5ccccc5C(=O)O)cc4)cc3)CC2)cc(Cl)n1. The van der Waals surface area contributed by atoms with Crippen molar-refractivity contribution in [2.45, 2.75) is 44.8 Å². The van der Waals surface area contributed by atoms with Crippen LogP contribution in [0.15, 0.2) is 84.9 Å². The Hall–Kier alpha value is -4.89. The number of hydrogen-bond acceptors (Lipinski definition) is 6. The van der Waals surface area contributed by atoms with Crippen molar-refractivity contribution in [2.24, 2.45) is 0 Å². The highest BCUT2D eigenvalue weighted by Crippen LogP contribution is 2.28. The molecule has 3 aromatic carbocycles. The second-order valence-electron chi connectivity index (χ2n) is 10.3. The van der Waals surface area contributed by atoms with Gasteiger partial charge in [-0.1, -0.05) is 23.7 Å². The number of carbonyl (C=O) groups excluding carboxylic acids is 2. The summed E-state index contributed by atoms with van der Waals surface area (Å²) in [7, 11) is 0. The Morgan fingerprint density at radius 3 is 2.09 bits per heavy atom. The first-order valence-electron chi connectivity index (χ1n) is 13.9. The molecule has 0 aliphatic heterocycles. The van der Waals surface area contributed by atoms with Gasteiger partial charge in [0.25, 0.3) is 11.8 Å². The fraction of sp³-hybridized carbons (Fsp3) is 0.212. The predicted molar refractivity (Wildman–Crippen MR) is 162 cm³/mol. The van der Waals surface area contributed by atoms with Gasteiger partial charge in [-0.15, -0.1) is 0 Å². The fourth-order valence-electron chi connectivity index (χ4n) is 4.92. The molecule has 1 saturated carbocycles. The second kappa shape index (κ2) is 13.4. The number of halogens is 1. The van der Waals surface area contributed by atoms with Gasteiger partial charge in [0.2, 0.25) is 0 Å². The molecule has 220 valence electrons. The minimum atomic E-state index is -1.12. The number of carbonyl (C=O) groups is 3. The molecule has 10 heteroatoms. The molecule has 2 amide bonds. The number of para-hydroxylation sites is 1. The average molecular weight is 600 g/mol. The number of benzene rings is 3. The molecule has 1 aromatic heterocycles. The lowest BCUT2D eigenvalue weighted by molar-refractivity contribution is 0.0697. The Morgan fingerprint density at radius 1 is 0.814 bits per heavy atom. The molecule has 4 aromatic rings. The van der Waals surface area contributed by atoms with Gasteiger partial charge < -0.3 is 25.2 Å². The largest absolute Gasteiger partial charge is 0.490 e. The maximum atomic E-state index is 12.6. The van der Waals surface area contributed by atoms with Gasteiger partial charge in [-0.05, 0) is 105 Å². The van der Waals surface area contributed by atoms with Gasteiger partial charge in [-0.2, -0.15) is 0 Å². The quantitative estimate of drug-likeness (QED) is 0.178. The Labute approximate surface area is 253 Å². The lowest BCUT2D eigenvalue weighted by Gasteiger charge is -2.29. The smallest absolute Gasteiger partial charge is 0.337 e. The molecule has 0 saturated heterocycles. The van der Waals surface area contributed by atoms with Gasteiger partial charge in [-0.25, -0.2) is 9.78 Å². The summed E-state index contributed by atoms with van der Waals surface area (Å²) in [5.41, 5.74) is 1.82. The highest BCUT2D eigenvalue weighted by Gasteiger charge is 2.24. The minimum absolute atomic E-state index is 0.0162. The number of aromatic carboxylic acids is 1. The second-order valence-corrected chi connectivity index (χ2v) is 10.7. The Bertz CT molecular complexity index is 1600. The number of nitrogens with one attached hydrogen (secondary N) is 2. The van der Waals surface area contributed by atoms with E-state index >= 15 is 0 Å². The number of anilines is 1. The van der Waals surface area contributed by atoms with Crippen LogP contribution in [0.5, 0.6) is 17.2 Å². The predicted octanol–water partition coefficient (Wildman–Crippen LogP) is 6.91. The maximum Gasteiger partial charge on any atom is 0.337 e. The third-order valence-corrected chi connectivity index (χ3v) is 7.27. The van der Waals surface area contributed by atoms with E-state index in [0.29, 0.717) is 33.5 Å². The van der Waals surface area contributed by atoms with E-state index in [2.05, 4.69) is 15.6 Å². The van der Waals surface area contributed by atoms with Gasteiger partial charge in [0, 0.05) is 22.9 Å². The molecular formula is C33H30ClN3O6. The fourth-order valence-corrected chi connectivity index (χ4v) is 5.17. The topological polar surface area (TPSA) is 127 Å². The monoisotopic (exact) mass is 599 g/mol. The Morgan fingerprint density at radius 2 is 1.44 bits per heavy atom. The van der Waals surface area contributed by atoms with Crippen molar-refractivity contribution in [3.8, 4) is 17.2 Å². The van der Waals surface area contributed by atoms with E-state index in [0.717, 1.165) is 31.4 Å². The molecule has 0 unspecified atom stereocenters. The number of aryl methyl sites for hydroxylation is 1. The molecule has 3 N–H and O–H groups in total. The van der Waals surface area contributed by atoms with Gasteiger partial charge in [0.05, 0.1) is 17.4 Å². The molecule has 9 nitrogen and oxygen atoms in total. The number of amides is 2. The summed E-state index contributed by atoms with van der Waals surface area (Å²) in [6.07, 6.45) is 3.33. The van der Waals surface area contributed by atoms with Gasteiger partial charge in [-0.3, -0.25) is 9.59 Å². The van der Waals surface area contributed by atoms with E-state index < -0.39 is 11.9 Å². The number of aromatic nitrogens is 1. The number of hydrogen-bond donors (Lipinski definition) is 3. The average Bonchev–Trinajstić information content (AvgIpc) is 2.99. The zero-order valence-corrected chi connectivity index (χ0v) is 24.1. The van der Waals surface area contributed by atoms with Gasteiger partial charge >= 0.3 is 5.97 Å². The normalized spacial score (nSPS) is 16.1. The summed E-state index contributed by atoms with van der Waals surface area (Å²) >= 11 is 5.99. The zero-order valence-electron chi connectivity index (χ0n) is 23.4. The van der Waals surface area contributed by atoms with E-state index in [9.17, 15) is 19.5 Å². The van der Waals surface area contributed by atoms with Crippen molar-refractivity contribution >= 4 is 35.1 Å². The highest BCUT2D eigenvalue weighted by molar-refractivity contribution is 6.29. The summed E-state index contributed by atoms with van der Waals surface area (Å²) < 4.78 is 12.1. The summed E-state index contributed by atoms with van der Waals surface area (Å²) in [6, 6.07) is 23.5. The molecule has 1 fully saturated rings. The van der Waals surface area contributed by atoms with Crippen LogP contribution in [0.1, 0.15) is 62.5 Å². The highest BCUT2D eigenvalue weighted by atomic mass is 35.5. The number of pyridine rings is 1. The van der Waals surface area contributed by atoms with E-state index in [1.54, 1.807) is 61.5 Å². The van der Waals surface area contributed by atoms with Crippen LogP contribution in [0.3, 0.4) is 0 Å². The van der Waals surface area contributed by atoms with E-state index in [1.807, 2.05) is 24.3 Å². The van der Waals surface area contributed by atoms with Crippen molar-refractivity contribution in [3.05, 3.63) is 112 Å². The van der Waals surface area contributed by atoms with Crippen LogP contribution in [0.25, 0.3) is 0 Å². The molecule has 1 aliphatic rings. The zero-order chi connectivity index (χ0) is 30.3. The van der Waals surface area contributed by atoms with Crippen LogP contribution < -0.4 is 20.1 Å². The standard InChI is InChI=1S/C33H30ClN3O6/c1-20-18-22(19-30(34)35-20)32(39)36-23-8-12-25(13-9-23)43-27-16-14-26(15-17-27)42-24-10-6-21(7-11-24)31(38)37-29-5-3-2-4-28(29)33(40)41/h2-7,10-11,14-19,23,25H,8-9,12-13H2,1H3,(H,36,39)(H,37,38)(H,40,41). The summed E-state index contributed by atoms with van der Waals surface area (Å²) in [5.74, 6) is 0.195. The van der Waals surface area contributed by atoms with Gasteiger partial charge in [0.1, 0.15) is 22.4 Å². The Kier molecular flexibility index (Phi) is 9.22. The molecule has 5 rings (SSSR count). The van der Waals surface area contributed by atoms with Crippen molar-refractivity contribution in [1.29, 1.82) is 0 Å². The van der Waals surface area contributed by atoms with Crippen molar-refractivity contribution in [1.82, 2.24) is 10.3 Å². The van der Waals surface area contributed by atoms with Crippen molar-refractivity contribution in [2.75, 3.05) is 5.32 Å². The van der Waals surface area contributed by atoms with E-state index in [1.165, 1.54) is 6.07 Å². The van der Waals surface area contributed by atoms with Gasteiger partial charge in [0.15, 0.2) is 0 Å². The van der Waals surface area contributed by atoms with Crippen molar-refractivity contribution in [3.63, 3.8) is 0 Å². The molecule has 0 bridgehead atoms. The summed E-state index contributed by atoms with van der Waals surface area (Å²) in [6.45, 7) is 1.80. The first-order valence-corrected chi connectivity index (χ1v) is 14.2. The summed E-state index contributed by atoms with van der Waals surface area (Å²) in [5, 5.41) is 15.3. The molecule has 0 radical (unpaired) electrons. The Balaban J connectivity index is 1.08. The maximum absolute atomic E-state index is 12.6. The third-order valence-electron chi connectivity index (χ3n) is 7.08. The van der Waals surface area contributed by atoms with Crippen LogP contribution in [0.4, 0.5) is 5.69 Å². The molecule has 0 spiro atoms. The van der Waals surface area contributed by atoms with Crippen LogP contribution in [0, 0.1) is 6.92 Å². The number of rotatable bonds is 9. The molecule has 0 atom stereocenters. The lowest BCUT2D eigenvalue weighted by atomic mass is 9.92. The van der Waals surface area contributed by atoms with Crippen LogP contribution in [-0.4, -0.2) is 40.0 Å². The number of carboxylic acid groups (broad SMARTS) is 1. The van der Waals surface area contributed by atoms with Crippen molar-refractivity contribution < 1.29 is 29.0 Å². The van der Waals surface area contributed by atoms with E-state index in [4.69, 9.17) is 21.1 Å². The first kappa shape index (κ1) is 29.6. The number of carboxylic acids is 1. The number of nitrogens with zero attached hydrogens (tertiary/aromatic N) is 1. The van der Waals surface area contributed by atoms with Crippen LogP contribution in [-0.2, 0) is 0 Å². The molecule has 1 aliphatic carbocycles. The lowest BCUT2D eigenvalue weighted by Crippen LogP contribution is -2.39. The van der Waals surface area contributed by atoms with Crippen LogP contribution >= 0.6 is 11.6 Å². The van der Waals surface area contributed by atoms with E-state index in [-0.39, 0.29) is 29.3 Å². The summed E-state index contributed by atoms with van der Waals surface area (Å²) in [4.78, 5) is 40.7. The third kappa shape index (κ3) is 7.90.